The van der Waals surface area contributed by atoms with Crippen molar-refractivity contribution in [1.82, 2.24) is 14.1 Å². The van der Waals surface area contributed by atoms with Crippen molar-refractivity contribution in [2.45, 2.75) is 16.5 Å². The molecule has 3 aliphatic rings. The van der Waals surface area contributed by atoms with E-state index >= 15 is 0 Å². The highest BCUT2D eigenvalue weighted by atomic mass is 32.2. The monoisotopic (exact) mass is 442 g/mol. The second kappa shape index (κ2) is 7.90. The Hall–Kier alpha value is -2.46. The van der Waals surface area contributed by atoms with Crippen LogP contribution < -0.4 is 5.32 Å². The van der Waals surface area contributed by atoms with Gasteiger partial charge in [-0.25, -0.2) is 13.2 Å². The highest BCUT2D eigenvalue weighted by molar-refractivity contribution is 7.89. The topological polar surface area (TPSA) is 82.2 Å². The summed E-state index contributed by atoms with van der Waals surface area (Å²) in [5.41, 5.74) is 0.355. The zero-order valence-corrected chi connectivity index (χ0v) is 18.0. The minimum absolute atomic E-state index is 0.0607. The quantitative estimate of drug-likeness (QED) is 0.782. The van der Waals surface area contributed by atoms with Gasteiger partial charge in [0.05, 0.1) is 29.7 Å². The number of carbonyl (C=O) groups is 1. The van der Waals surface area contributed by atoms with Crippen LogP contribution in [0.4, 0.5) is 10.5 Å². The molecule has 1 spiro atoms. The number of amides is 2. The van der Waals surface area contributed by atoms with E-state index in [2.05, 4.69) is 10.2 Å². The largest absolute Gasteiger partial charge is 0.378 e. The standard InChI is InChI=1S/C22H26N4O4S/c27-21(23-18-7-3-1-4-8-18)24-13-19-14-30-12-11-26(19)22(15-24)16-25(17-22)31(28,29)20-9-5-2-6-10-20/h1-10,19H,11-17H2,(H,23,27)/t19-/m1/s1. The number of nitrogens with one attached hydrogen (secondary N) is 1. The first-order chi connectivity index (χ1) is 15.0. The maximum absolute atomic E-state index is 13.0. The molecule has 8 nitrogen and oxygen atoms in total. The molecule has 3 fully saturated rings. The molecule has 2 amide bonds. The fourth-order valence-corrected chi connectivity index (χ4v) is 6.50. The fourth-order valence-electron chi connectivity index (χ4n) is 4.88. The first-order valence-electron chi connectivity index (χ1n) is 10.5. The van der Waals surface area contributed by atoms with E-state index in [1.54, 1.807) is 35.2 Å². The van der Waals surface area contributed by atoms with Crippen molar-refractivity contribution in [2.75, 3.05) is 51.3 Å². The van der Waals surface area contributed by atoms with Gasteiger partial charge in [-0.1, -0.05) is 36.4 Å². The van der Waals surface area contributed by atoms with Gasteiger partial charge >= 0.3 is 6.03 Å². The first-order valence-corrected chi connectivity index (χ1v) is 11.9. The van der Waals surface area contributed by atoms with E-state index in [1.165, 1.54) is 4.31 Å². The van der Waals surface area contributed by atoms with Crippen LogP contribution in [0.15, 0.2) is 65.6 Å². The van der Waals surface area contributed by atoms with Crippen LogP contribution in [0.5, 0.6) is 0 Å². The number of piperazine rings is 1. The molecule has 3 saturated heterocycles. The third-order valence-corrected chi connectivity index (χ3v) is 8.19. The first kappa shape index (κ1) is 20.4. The summed E-state index contributed by atoms with van der Waals surface area (Å²) < 4.78 is 33.3. The SMILES string of the molecule is O=C(Nc1ccccc1)N1C[C@@H]2COCCN2C2(C1)CN(S(=O)(=O)c1ccccc1)C2. The van der Waals surface area contributed by atoms with Crippen LogP contribution in [0.3, 0.4) is 0 Å². The third kappa shape index (κ3) is 3.71. The number of rotatable bonds is 3. The number of nitrogens with zero attached hydrogens (tertiary/aromatic N) is 3. The number of benzene rings is 2. The molecule has 1 N–H and O–H groups in total. The van der Waals surface area contributed by atoms with Crippen LogP contribution >= 0.6 is 0 Å². The van der Waals surface area contributed by atoms with Gasteiger partial charge in [0.25, 0.3) is 0 Å². The number of ether oxygens (including phenoxy) is 1. The smallest absolute Gasteiger partial charge is 0.321 e. The van der Waals surface area contributed by atoms with Crippen LogP contribution in [0, 0.1) is 0 Å². The Morgan fingerprint density at radius 1 is 1.00 bits per heavy atom. The summed E-state index contributed by atoms with van der Waals surface area (Å²) in [6, 6.07) is 17.8. The molecular weight excluding hydrogens is 416 g/mol. The van der Waals surface area contributed by atoms with Crippen LogP contribution in [0.2, 0.25) is 0 Å². The number of morpholine rings is 1. The molecular formula is C22H26N4O4S. The second-order valence-corrected chi connectivity index (χ2v) is 10.3. The Balaban J connectivity index is 1.35. The second-order valence-electron chi connectivity index (χ2n) is 8.41. The molecule has 0 unspecified atom stereocenters. The van der Waals surface area contributed by atoms with Gasteiger partial charge in [0, 0.05) is 38.4 Å². The summed E-state index contributed by atoms with van der Waals surface area (Å²) in [6.07, 6.45) is 0. The molecule has 1 atom stereocenters. The van der Waals surface area contributed by atoms with Gasteiger partial charge in [-0.2, -0.15) is 4.31 Å². The van der Waals surface area contributed by atoms with Crippen molar-refractivity contribution in [3.8, 4) is 0 Å². The summed E-state index contributed by atoms with van der Waals surface area (Å²) in [5, 5.41) is 2.96. The lowest BCUT2D eigenvalue weighted by molar-refractivity contribution is -0.140. The van der Waals surface area contributed by atoms with Crippen molar-refractivity contribution in [1.29, 1.82) is 0 Å². The lowest BCUT2D eigenvalue weighted by Crippen LogP contribution is -2.81. The zero-order chi connectivity index (χ0) is 21.5. The van der Waals surface area contributed by atoms with Gasteiger partial charge in [-0.15, -0.1) is 0 Å². The minimum Gasteiger partial charge on any atom is -0.378 e. The number of hydrogen-bond donors (Lipinski definition) is 1. The van der Waals surface area contributed by atoms with E-state index in [0.29, 0.717) is 44.3 Å². The normalized spacial score (nSPS) is 23.7. The van der Waals surface area contributed by atoms with Gasteiger partial charge in [0.1, 0.15) is 0 Å². The van der Waals surface area contributed by atoms with Gasteiger partial charge < -0.3 is 15.0 Å². The van der Waals surface area contributed by atoms with E-state index in [0.717, 1.165) is 12.2 Å². The number of urea groups is 1. The molecule has 2 aromatic rings. The summed E-state index contributed by atoms with van der Waals surface area (Å²) in [6.45, 7) is 3.71. The molecule has 0 aromatic heterocycles. The summed E-state index contributed by atoms with van der Waals surface area (Å²) in [5.74, 6) is 0. The molecule has 31 heavy (non-hydrogen) atoms. The Morgan fingerprint density at radius 2 is 1.68 bits per heavy atom. The van der Waals surface area contributed by atoms with E-state index in [9.17, 15) is 13.2 Å². The number of para-hydroxylation sites is 1. The van der Waals surface area contributed by atoms with E-state index < -0.39 is 10.0 Å². The van der Waals surface area contributed by atoms with Gasteiger partial charge in [-0.05, 0) is 24.3 Å². The number of carbonyl (C=O) groups excluding carboxylic acids is 1. The zero-order valence-electron chi connectivity index (χ0n) is 17.2. The number of hydrogen-bond acceptors (Lipinski definition) is 5. The van der Waals surface area contributed by atoms with Crippen LogP contribution in [0.1, 0.15) is 0 Å². The van der Waals surface area contributed by atoms with E-state index in [-0.39, 0.29) is 17.6 Å². The van der Waals surface area contributed by atoms with Gasteiger partial charge in [0.2, 0.25) is 10.0 Å². The van der Waals surface area contributed by atoms with Crippen LogP contribution in [0.25, 0.3) is 0 Å². The summed E-state index contributed by atoms with van der Waals surface area (Å²) in [7, 11) is -3.55. The summed E-state index contributed by atoms with van der Waals surface area (Å²) >= 11 is 0. The lowest BCUT2D eigenvalue weighted by Gasteiger charge is -2.62. The Kier molecular flexibility index (Phi) is 5.21. The Bertz CT molecular complexity index is 1040. The molecule has 2 aromatic carbocycles. The molecule has 164 valence electrons. The predicted molar refractivity (Wildman–Crippen MR) is 116 cm³/mol. The number of fused-ring (bicyclic) bond motifs is 2. The Labute approximate surface area is 182 Å². The van der Waals surface area contributed by atoms with Crippen LogP contribution in [-0.4, -0.2) is 86.1 Å². The van der Waals surface area contributed by atoms with E-state index in [1.807, 2.05) is 30.3 Å². The molecule has 0 bridgehead atoms. The van der Waals surface area contributed by atoms with Crippen molar-refractivity contribution >= 4 is 21.7 Å². The molecule has 0 saturated carbocycles. The maximum atomic E-state index is 13.0. The third-order valence-electron chi connectivity index (χ3n) is 6.39. The van der Waals surface area contributed by atoms with Crippen molar-refractivity contribution in [3.05, 3.63) is 60.7 Å². The van der Waals surface area contributed by atoms with Crippen molar-refractivity contribution in [3.63, 3.8) is 0 Å². The molecule has 0 aliphatic carbocycles. The maximum Gasteiger partial charge on any atom is 0.321 e. The molecule has 3 aliphatic heterocycles. The fraction of sp³-hybridized carbons (Fsp3) is 0.409. The van der Waals surface area contributed by atoms with Crippen molar-refractivity contribution < 1.29 is 17.9 Å². The van der Waals surface area contributed by atoms with Crippen molar-refractivity contribution in [2.24, 2.45) is 0 Å². The summed E-state index contributed by atoms with van der Waals surface area (Å²) in [4.78, 5) is 17.5. The highest BCUT2D eigenvalue weighted by Gasteiger charge is 2.57. The molecule has 3 heterocycles. The number of anilines is 1. The molecule has 9 heteroatoms. The predicted octanol–water partition coefficient (Wildman–Crippen LogP) is 1.68. The average Bonchev–Trinajstić information content (AvgIpc) is 2.78. The van der Waals surface area contributed by atoms with Gasteiger partial charge in [-0.3, -0.25) is 4.90 Å². The van der Waals surface area contributed by atoms with E-state index in [4.69, 9.17) is 4.74 Å². The molecule has 5 rings (SSSR count). The van der Waals surface area contributed by atoms with Crippen LogP contribution in [-0.2, 0) is 14.8 Å². The molecule has 0 radical (unpaired) electrons. The highest BCUT2D eigenvalue weighted by Crippen LogP contribution is 2.38. The minimum atomic E-state index is -3.55. The Morgan fingerprint density at radius 3 is 2.39 bits per heavy atom. The number of sulfonamides is 1. The average molecular weight is 443 g/mol. The lowest BCUT2D eigenvalue weighted by atomic mass is 9.84. The van der Waals surface area contributed by atoms with Gasteiger partial charge in [0.15, 0.2) is 0 Å².